The molecule has 0 unspecified atom stereocenters. The Morgan fingerprint density at radius 2 is 1.45 bits per heavy atom. The van der Waals surface area contributed by atoms with Crippen molar-refractivity contribution in [2.24, 2.45) is 0 Å². The van der Waals surface area contributed by atoms with E-state index in [2.05, 4.69) is 6.58 Å². The van der Waals surface area contributed by atoms with Gasteiger partial charge in [-0.2, -0.15) is 0 Å². The molecule has 0 fully saturated rings. The molecule has 3 aromatic carbocycles. The van der Waals surface area contributed by atoms with Crippen molar-refractivity contribution < 1.29 is 9.90 Å². The zero-order chi connectivity index (χ0) is 15.7. The van der Waals surface area contributed by atoms with E-state index in [9.17, 15) is 9.90 Å². The monoisotopic (exact) mass is 288 g/mol. The van der Waals surface area contributed by atoms with Crippen LogP contribution in [0.1, 0.15) is 27.0 Å². The second-order valence-corrected chi connectivity index (χ2v) is 5.39. The first-order valence-electron chi connectivity index (χ1n) is 7.08. The normalized spacial score (nSPS) is 10.6. The van der Waals surface area contributed by atoms with Crippen LogP contribution in [-0.2, 0) is 0 Å². The van der Waals surface area contributed by atoms with Crippen LogP contribution >= 0.6 is 0 Å². The van der Waals surface area contributed by atoms with Gasteiger partial charge in [0.2, 0.25) is 0 Å². The Kier molecular flexibility index (Phi) is 3.51. The fourth-order valence-electron chi connectivity index (χ4n) is 2.58. The average molecular weight is 288 g/mol. The predicted molar refractivity (Wildman–Crippen MR) is 90.2 cm³/mol. The van der Waals surface area contributed by atoms with Crippen LogP contribution in [-0.4, -0.2) is 11.1 Å². The molecule has 0 bridgehead atoms. The Morgan fingerprint density at radius 1 is 0.909 bits per heavy atom. The Bertz CT molecular complexity index is 874. The van der Waals surface area contributed by atoms with Gasteiger partial charge in [-0.3, -0.25) is 0 Å². The molecular weight excluding hydrogens is 272 g/mol. The summed E-state index contributed by atoms with van der Waals surface area (Å²) in [5.41, 5.74) is 3.76. The molecule has 3 aromatic rings. The van der Waals surface area contributed by atoms with E-state index in [0.717, 1.165) is 27.5 Å². The lowest BCUT2D eigenvalue weighted by Crippen LogP contribution is -2.02. The number of carbonyl (C=O) groups is 1. The van der Waals surface area contributed by atoms with Crippen LogP contribution in [0.3, 0.4) is 0 Å². The number of carboxylic acids is 1. The van der Waals surface area contributed by atoms with Gasteiger partial charge >= 0.3 is 5.97 Å². The molecular formula is C20H16O2. The number of aryl methyl sites for hydroxylation is 1. The highest BCUT2D eigenvalue weighted by Crippen LogP contribution is 2.29. The third kappa shape index (κ3) is 2.51. The maximum absolute atomic E-state index is 11.6. The highest BCUT2D eigenvalue weighted by atomic mass is 16.4. The molecule has 0 saturated carbocycles. The highest BCUT2D eigenvalue weighted by molar-refractivity contribution is 6.02. The first kappa shape index (κ1) is 14.1. The number of rotatable bonds is 3. The molecule has 0 spiro atoms. The lowest BCUT2D eigenvalue weighted by molar-refractivity contribution is 0.0697. The summed E-state index contributed by atoms with van der Waals surface area (Å²) in [6.07, 6.45) is 0. The molecule has 0 aliphatic heterocycles. The van der Waals surface area contributed by atoms with Crippen LogP contribution in [0.25, 0.3) is 16.3 Å². The van der Waals surface area contributed by atoms with Crippen molar-refractivity contribution >= 4 is 22.3 Å². The van der Waals surface area contributed by atoms with Crippen molar-refractivity contribution in [2.75, 3.05) is 0 Å². The van der Waals surface area contributed by atoms with E-state index in [1.165, 1.54) is 0 Å². The van der Waals surface area contributed by atoms with Gasteiger partial charge in [-0.1, -0.05) is 60.7 Å². The lowest BCUT2D eigenvalue weighted by Gasteiger charge is -2.12. The van der Waals surface area contributed by atoms with E-state index < -0.39 is 5.97 Å². The number of fused-ring (bicyclic) bond motifs is 1. The van der Waals surface area contributed by atoms with Gasteiger partial charge in [0, 0.05) is 0 Å². The molecule has 1 N–H and O–H groups in total. The third-order valence-corrected chi connectivity index (χ3v) is 3.84. The smallest absolute Gasteiger partial charge is 0.336 e. The van der Waals surface area contributed by atoms with Crippen LogP contribution in [0, 0.1) is 6.92 Å². The quantitative estimate of drug-likeness (QED) is 0.743. The molecule has 0 aromatic heterocycles. The van der Waals surface area contributed by atoms with Crippen molar-refractivity contribution in [3.8, 4) is 0 Å². The van der Waals surface area contributed by atoms with Gasteiger partial charge in [0.1, 0.15) is 0 Å². The molecule has 108 valence electrons. The van der Waals surface area contributed by atoms with Crippen LogP contribution < -0.4 is 0 Å². The van der Waals surface area contributed by atoms with Gasteiger partial charge in [-0.25, -0.2) is 4.79 Å². The summed E-state index contributed by atoms with van der Waals surface area (Å²) in [5.74, 6) is -0.936. The topological polar surface area (TPSA) is 37.3 Å². The van der Waals surface area contributed by atoms with Gasteiger partial charge in [0.15, 0.2) is 0 Å². The summed E-state index contributed by atoms with van der Waals surface area (Å²) < 4.78 is 0. The second kappa shape index (κ2) is 5.49. The number of hydrogen-bond donors (Lipinski definition) is 1. The van der Waals surface area contributed by atoms with E-state index in [4.69, 9.17) is 0 Å². The van der Waals surface area contributed by atoms with Gasteiger partial charge in [-0.15, -0.1) is 0 Å². The van der Waals surface area contributed by atoms with Crippen molar-refractivity contribution in [1.29, 1.82) is 0 Å². The predicted octanol–water partition coefficient (Wildman–Crippen LogP) is 4.91. The summed E-state index contributed by atoms with van der Waals surface area (Å²) in [4.78, 5) is 11.6. The van der Waals surface area contributed by atoms with Crippen LogP contribution in [0.15, 0.2) is 67.2 Å². The van der Waals surface area contributed by atoms with Gasteiger partial charge in [-0.05, 0) is 46.5 Å². The maximum atomic E-state index is 11.6. The average Bonchev–Trinajstić information content (AvgIpc) is 2.53. The fraction of sp³-hybridized carbons (Fsp3) is 0.0500. The van der Waals surface area contributed by atoms with Crippen molar-refractivity contribution in [3.05, 3.63) is 89.5 Å². The van der Waals surface area contributed by atoms with Gasteiger partial charge in [0.25, 0.3) is 0 Å². The molecule has 3 rings (SSSR count). The van der Waals surface area contributed by atoms with E-state index in [-0.39, 0.29) is 5.56 Å². The molecule has 0 aliphatic carbocycles. The highest BCUT2D eigenvalue weighted by Gasteiger charge is 2.15. The first-order valence-corrected chi connectivity index (χ1v) is 7.08. The summed E-state index contributed by atoms with van der Waals surface area (Å²) in [7, 11) is 0. The van der Waals surface area contributed by atoms with Gasteiger partial charge in [0.05, 0.1) is 5.56 Å². The number of benzene rings is 3. The number of carboxylic acid groups (broad SMARTS) is 1. The van der Waals surface area contributed by atoms with Crippen LogP contribution in [0.2, 0.25) is 0 Å². The van der Waals surface area contributed by atoms with Crippen LogP contribution in [0.4, 0.5) is 0 Å². The third-order valence-electron chi connectivity index (χ3n) is 3.84. The Morgan fingerprint density at radius 3 is 2.00 bits per heavy atom. The molecule has 0 heterocycles. The molecule has 22 heavy (non-hydrogen) atoms. The van der Waals surface area contributed by atoms with Crippen LogP contribution in [0.5, 0.6) is 0 Å². The summed E-state index contributed by atoms with van der Waals surface area (Å²) in [6, 6.07) is 19.3. The SMILES string of the molecule is C=C(c1ccc(C)cc1)c1cc2ccccc2cc1C(=O)O. The van der Waals surface area contributed by atoms with E-state index >= 15 is 0 Å². The maximum Gasteiger partial charge on any atom is 0.336 e. The molecule has 0 amide bonds. The molecule has 0 radical (unpaired) electrons. The Labute approximate surface area is 129 Å². The van der Waals surface area contributed by atoms with E-state index in [1.807, 2.05) is 61.5 Å². The standard InChI is InChI=1S/C20H16O2/c1-13-7-9-15(10-8-13)14(2)18-11-16-5-3-4-6-17(16)12-19(18)20(21)22/h3-12H,2H2,1H3,(H,21,22). The summed E-state index contributed by atoms with van der Waals surface area (Å²) in [6.45, 7) is 6.13. The fourth-order valence-corrected chi connectivity index (χ4v) is 2.58. The molecule has 2 nitrogen and oxygen atoms in total. The zero-order valence-electron chi connectivity index (χ0n) is 12.3. The molecule has 0 saturated heterocycles. The Hall–Kier alpha value is -2.87. The van der Waals surface area contributed by atoms with Crippen molar-refractivity contribution in [2.45, 2.75) is 6.92 Å². The van der Waals surface area contributed by atoms with Gasteiger partial charge < -0.3 is 5.11 Å². The first-order chi connectivity index (χ1) is 10.6. The lowest BCUT2D eigenvalue weighted by atomic mass is 9.92. The largest absolute Gasteiger partial charge is 0.478 e. The van der Waals surface area contributed by atoms with E-state index in [0.29, 0.717) is 5.56 Å². The summed E-state index contributed by atoms with van der Waals surface area (Å²) >= 11 is 0. The minimum Gasteiger partial charge on any atom is -0.478 e. The summed E-state index contributed by atoms with van der Waals surface area (Å²) in [5, 5.41) is 11.5. The van der Waals surface area contributed by atoms with E-state index in [1.54, 1.807) is 6.07 Å². The minimum atomic E-state index is -0.936. The second-order valence-electron chi connectivity index (χ2n) is 5.39. The molecule has 0 atom stereocenters. The zero-order valence-corrected chi connectivity index (χ0v) is 12.3. The van der Waals surface area contributed by atoms with Crippen molar-refractivity contribution in [1.82, 2.24) is 0 Å². The Balaban J connectivity index is 2.19. The number of aromatic carboxylic acids is 1. The van der Waals surface area contributed by atoms with Crippen molar-refractivity contribution in [3.63, 3.8) is 0 Å². The molecule has 2 heteroatoms. The minimum absolute atomic E-state index is 0.282. The number of hydrogen-bond acceptors (Lipinski definition) is 1. The molecule has 0 aliphatic rings.